The molecule has 0 spiro atoms. The van der Waals surface area contributed by atoms with Gasteiger partial charge in [0.05, 0.1) is 23.9 Å². The number of benzene rings is 1. The van der Waals surface area contributed by atoms with E-state index in [9.17, 15) is 9.59 Å². The molecule has 9 heteroatoms. The summed E-state index contributed by atoms with van der Waals surface area (Å²) in [6, 6.07) is 7.24. The topological polar surface area (TPSA) is 99.2 Å². The third-order valence-electron chi connectivity index (χ3n) is 4.78. The zero-order chi connectivity index (χ0) is 19.7. The lowest BCUT2D eigenvalue weighted by atomic mass is 9.97. The Hall–Kier alpha value is -2.36. The number of hydrogen-bond acceptors (Lipinski definition) is 7. The summed E-state index contributed by atoms with van der Waals surface area (Å²) < 4.78 is 6.80. The maximum atomic E-state index is 13.5. The van der Waals surface area contributed by atoms with Crippen LogP contribution in [0.2, 0.25) is 0 Å². The number of aromatic nitrogens is 2. The van der Waals surface area contributed by atoms with Crippen LogP contribution in [-0.2, 0) is 17.6 Å². The first-order valence-electron chi connectivity index (χ1n) is 8.96. The normalized spacial score (nSPS) is 13.4. The van der Waals surface area contributed by atoms with Crippen LogP contribution in [0.4, 0.5) is 0 Å². The fourth-order valence-corrected chi connectivity index (χ4v) is 5.54. The Balaban J connectivity index is 1.90. The molecule has 1 aliphatic carbocycles. The first-order chi connectivity index (χ1) is 13.6. The Morgan fingerprint density at radius 3 is 2.79 bits per heavy atom. The molecule has 3 N–H and O–H groups in total. The van der Waals surface area contributed by atoms with Crippen LogP contribution in [-0.4, -0.2) is 28.3 Å². The van der Waals surface area contributed by atoms with Gasteiger partial charge in [-0.15, -0.1) is 11.3 Å². The van der Waals surface area contributed by atoms with Crippen molar-refractivity contribution >= 4 is 39.2 Å². The summed E-state index contributed by atoms with van der Waals surface area (Å²) in [5, 5.41) is 1.19. The lowest BCUT2D eigenvalue weighted by Crippen LogP contribution is -2.32. The average molecular weight is 417 g/mol. The van der Waals surface area contributed by atoms with Crippen LogP contribution in [0.5, 0.6) is 5.75 Å². The van der Waals surface area contributed by atoms with E-state index >= 15 is 0 Å². The number of nitrogens with one attached hydrogen (secondary N) is 1. The number of fused-ring (bicyclic) bond motifs is 3. The third-order valence-corrected chi connectivity index (χ3v) is 6.91. The number of hydrazine groups is 1. The molecule has 0 fully saturated rings. The van der Waals surface area contributed by atoms with Crippen molar-refractivity contribution in [1.82, 2.24) is 15.0 Å². The van der Waals surface area contributed by atoms with Crippen LogP contribution in [0, 0.1) is 0 Å². The van der Waals surface area contributed by atoms with E-state index in [1.165, 1.54) is 16.6 Å². The maximum Gasteiger partial charge on any atom is 0.267 e. The van der Waals surface area contributed by atoms with Gasteiger partial charge in [-0.05, 0) is 55.5 Å². The van der Waals surface area contributed by atoms with Crippen LogP contribution < -0.4 is 21.6 Å². The van der Waals surface area contributed by atoms with Gasteiger partial charge in [-0.3, -0.25) is 19.6 Å². The largest absolute Gasteiger partial charge is 0.497 e. The van der Waals surface area contributed by atoms with E-state index in [1.807, 2.05) is 12.1 Å². The van der Waals surface area contributed by atoms with Gasteiger partial charge in [0, 0.05) is 4.88 Å². The number of carbonyl (C=O) groups is 1. The number of hydrogen-bond donors (Lipinski definition) is 2. The van der Waals surface area contributed by atoms with Gasteiger partial charge in [0.1, 0.15) is 10.6 Å². The van der Waals surface area contributed by atoms with Gasteiger partial charge in [0.15, 0.2) is 5.16 Å². The number of thiophene rings is 1. The number of nitrogens with zero attached hydrogens (tertiary/aromatic N) is 2. The van der Waals surface area contributed by atoms with E-state index in [1.54, 1.807) is 35.1 Å². The van der Waals surface area contributed by atoms with Crippen molar-refractivity contribution in [3.05, 3.63) is 45.1 Å². The lowest BCUT2D eigenvalue weighted by Gasteiger charge is -2.13. The SMILES string of the molecule is COc1ccc(-n2c(SCC(=O)NN)nc3sc4c(c3c2=O)CCCC4)cc1. The summed E-state index contributed by atoms with van der Waals surface area (Å²) in [7, 11) is 1.60. The molecule has 7 nitrogen and oxygen atoms in total. The smallest absolute Gasteiger partial charge is 0.267 e. The van der Waals surface area contributed by atoms with Gasteiger partial charge in [-0.1, -0.05) is 11.8 Å². The van der Waals surface area contributed by atoms with Crippen LogP contribution in [0.1, 0.15) is 23.3 Å². The Labute approximate surface area is 169 Å². The van der Waals surface area contributed by atoms with E-state index in [2.05, 4.69) is 5.43 Å². The fourth-order valence-electron chi connectivity index (χ4n) is 3.41. The zero-order valence-electron chi connectivity index (χ0n) is 15.4. The van der Waals surface area contributed by atoms with Crippen LogP contribution >= 0.6 is 23.1 Å². The van der Waals surface area contributed by atoms with E-state index in [-0.39, 0.29) is 17.2 Å². The molecule has 1 amide bonds. The first kappa shape index (κ1) is 19.0. The molecule has 146 valence electrons. The van der Waals surface area contributed by atoms with Crippen molar-refractivity contribution in [1.29, 1.82) is 0 Å². The van der Waals surface area contributed by atoms with Gasteiger partial charge in [0.25, 0.3) is 5.56 Å². The van der Waals surface area contributed by atoms with Crippen molar-refractivity contribution in [2.45, 2.75) is 30.8 Å². The molecule has 3 aromatic rings. The molecule has 0 atom stereocenters. The highest BCUT2D eigenvalue weighted by Crippen LogP contribution is 2.35. The Morgan fingerprint density at radius 2 is 2.07 bits per heavy atom. The van der Waals surface area contributed by atoms with Crippen molar-refractivity contribution in [2.24, 2.45) is 5.84 Å². The second-order valence-corrected chi connectivity index (χ2v) is 8.51. The molecular weight excluding hydrogens is 396 g/mol. The average Bonchev–Trinajstić information content (AvgIpc) is 3.10. The predicted octanol–water partition coefficient (Wildman–Crippen LogP) is 2.42. The molecule has 4 rings (SSSR count). The van der Waals surface area contributed by atoms with Gasteiger partial charge in [-0.2, -0.15) is 0 Å². The molecule has 2 aromatic heterocycles. The summed E-state index contributed by atoms with van der Waals surface area (Å²) >= 11 is 2.79. The molecular formula is C19H20N4O3S2. The highest BCUT2D eigenvalue weighted by atomic mass is 32.2. The summed E-state index contributed by atoms with van der Waals surface area (Å²) in [5.74, 6) is 5.65. The molecule has 0 bridgehead atoms. The minimum atomic E-state index is -0.328. The third kappa shape index (κ3) is 3.41. The highest BCUT2D eigenvalue weighted by Gasteiger charge is 2.23. The zero-order valence-corrected chi connectivity index (χ0v) is 17.0. The standard InChI is InChI=1S/C19H20N4O3S2/c1-26-12-8-6-11(7-9-12)23-18(25)16-13-4-2-3-5-14(13)28-17(16)21-19(23)27-10-15(24)22-20/h6-9H,2-5,10,20H2,1H3,(H,22,24). The first-order valence-corrected chi connectivity index (χ1v) is 10.8. The van der Waals surface area contributed by atoms with Crippen LogP contribution in [0.25, 0.3) is 15.9 Å². The molecule has 2 heterocycles. The Bertz CT molecular complexity index is 1090. The lowest BCUT2D eigenvalue weighted by molar-refractivity contribution is -0.118. The Morgan fingerprint density at radius 1 is 1.32 bits per heavy atom. The second kappa shape index (κ2) is 7.94. The van der Waals surface area contributed by atoms with Crippen molar-refractivity contribution < 1.29 is 9.53 Å². The van der Waals surface area contributed by atoms with E-state index in [0.717, 1.165) is 36.1 Å². The predicted molar refractivity (Wildman–Crippen MR) is 111 cm³/mol. The molecule has 0 radical (unpaired) electrons. The van der Waals surface area contributed by atoms with Gasteiger partial charge >= 0.3 is 0 Å². The molecule has 0 aliphatic heterocycles. The number of carbonyl (C=O) groups excluding carboxylic acids is 1. The van der Waals surface area contributed by atoms with Gasteiger partial charge in [0.2, 0.25) is 5.91 Å². The molecule has 0 saturated carbocycles. The van der Waals surface area contributed by atoms with Gasteiger partial charge in [-0.25, -0.2) is 10.8 Å². The summed E-state index contributed by atoms with van der Waals surface area (Å²) in [5.41, 5.74) is 3.85. The maximum absolute atomic E-state index is 13.5. The molecule has 1 aromatic carbocycles. The van der Waals surface area contributed by atoms with Crippen molar-refractivity contribution in [2.75, 3.05) is 12.9 Å². The summed E-state index contributed by atoms with van der Waals surface area (Å²) in [6.45, 7) is 0. The molecule has 1 aliphatic rings. The van der Waals surface area contributed by atoms with Crippen LogP contribution in [0.3, 0.4) is 0 Å². The monoisotopic (exact) mass is 416 g/mol. The molecule has 0 saturated heterocycles. The summed E-state index contributed by atoms with van der Waals surface area (Å²) in [4.78, 5) is 31.9. The number of aryl methyl sites for hydroxylation is 2. The minimum Gasteiger partial charge on any atom is -0.497 e. The van der Waals surface area contributed by atoms with Crippen molar-refractivity contribution in [3.63, 3.8) is 0 Å². The number of amides is 1. The quantitative estimate of drug-likeness (QED) is 0.218. The number of rotatable bonds is 5. The number of methoxy groups -OCH3 is 1. The van der Waals surface area contributed by atoms with E-state index < -0.39 is 0 Å². The van der Waals surface area contributed by atoms with Crippen molar-refractivity contribution in [3.8, 4) is 11.4 Å². The summed E-state index contributed by atoms with van der Waals surface area (Å²) in [6.07, 6.45) is 4.14. The fraction of sp³-hybridized carbons (Fsp3) is 0.316. The Kier molecular flexibility index (Phi) is 5.38. The highest BCUT2D eigenvalue weighted by molar-refractivity contribution is 7.99. The minimum absolute atomic E-state index is 0.0791. The van der Waals surface area contributed by atoms with E-state index in [0.29, 0.717) is 22.0 Å². The van der Waals surface area contributed by atoms with E-state index in [4.69, 9.17) is 15.6 Å². The number of nitrogens with two attached hydrogens (primary N) is 1. The number of thioether (sulfide) groups is 1. The molecule has 28 heavy (non-hydrogen) atoms. The number of ether oxygens (including phenoxy) is 1. The second-order valence-electron chi connectivity index (χ2n) is 6.48. The van der Waals surface area contributed by atoms with Crippen LogP contribution in [0.15, 0.2) is 34.2 Å². The van der Waals surface area contributed by atoms with Gasteiger partial charge < -0.3 is 4.74 Å². The molecule has 0 unspecified atom stereocenters.